The maximum absolute atomic E-state index is 15.3. The number of hydrogen-bond donors (Lipinski definition) is 3. The number of thiazole rings is 1. The summed E-state index contributed by atoms with van der Waals surface area (Å²) in [5.74, 6) is -2.87. The van der Waals surface area contributed by atoms with Gasteiger partial charge in [0.15, 0.2) is 10.8 Å². The van der Waals surface area contributed by atoms with Crippen LogP contribution in [0.4, 0.5) is 5.13 Å². The molecule has 6 aromatic carbocycles. The molecular weight excluding hydrogens is 948 g/mol. The molecule has 2 aromatic heterocycles. The van der Waals surface area contributed by atoms with E-state index in [1.54, 1.807) is 24.5 Å². The van der Waals surface area contributed by atoms with Gasteiger partial charge in [0.25, 0.3) is 11.8 Å². The molecule has 2 amide bonds. The van der Waals surface area contributed by atoms with Crippen molar-refractivity contribution < 1.29 is 24.3 Å². The van der Waals surface area contributed by atoms with Crippen LogP contribution >= 0.6 is 34.7 Å². The lowest BCUT2D eigenvalue weighted by Gasteiger charge is -2.51. The van der Waals surface area contributed by atoms with Crippen LogP contribution < -0.4 is 10.6 Å². The molecule has 71 heavy (non-hydrogen) atoms. The number of β-lactam (4-membered cyclic amide) rings is 1. The molecule has 8 aromatic rings. The quantitative estimate of drug-likeness (QED) is 0.0373. The summed E-state index contributed by atoms with van der Waals surface area (Å²) < 4.78 is 0.125. The molecule has 1 saturated heterocycles. The van der Waals surface area contributed by atoms with E-state index in [-0.39, 0.29) is 27.4 Å². The van der Waals surface area contributed by atoms with Crippen molar-refractivity contribution >= 4 is 63.3 Å². The van der Waals surface area contributed by atoms with Gasteiger partial charge in [-0.1, -0.05) is 229 Å². The summed E-state index contributed by atoms with van der Waals surface area (Å²) in [5.41, 5.74) is 2.12. The van der Waals surface area contributed by atoms with Gasteiger partial charge in [0.1, 0.15) is 27.3 Å². The van der Waals surface area contributed by atoms with Crippen molar-refractivity contribution in [3.63, 3.8) is 0 Å². The molecule has 0 spiro atoms. The van der Waals surface area contributed by atoms with Crippen LogP contribution in [0, 0.1) is 5.92 Å². The van der Waals surface area contributed by atoms with Gasteiger partial charge in [0, 0.05) is 38.9 Å². The Bertz CT molecular complexity index is 3050. The highest BCUT2D eigenvalue weighted by molar-refractivity contribution is 8.03. The van der Waals surface area contributed by atoms with E-state index in [1.165, 1.54) is 16.7 Å². The predicted octanol–water partition coefficient (Wildman–Crippen LogP) is 11.1. The Balaban J connectivity index is 1.09. The lowest BCUT2D eigenvalue weighted by Crippen LogP contribution is -2.72. The molecule has 2 aliphatic rings. The highest BCUT2D eigenvalue weighted by Crippen LogP contribution is 2.47. The first kappa shape index (κ1) is 46.9. The Hall–Kier alpha value is -7.84. The SMILES string of the molecule is CC1C[C@@H]2[C@H](NC(=O)C(=NOC(c3ccccc3)(c3ccccc3)c3ccccc3)c3nc(NC(c4ccccc4)(c4ccccc4)c4ccccc4)sc3Cl)C(=O)N2C(C(=O)O)=C1Sc1ccncc1. The molecule has 14 heteroatoms. The summed E-state index contributed by atoms with van der Waals surface area (Å²) in [6.07, 6.45) is 3.65. The number of anilines is 1. The summed E-state index contributed by atoms with van der Waals surface area (Å²) in [7, 11) is 0. The van der Waals surface area contributed by atoms with Crippen molar-refractivity contribution in [2.45, 2.75) is 41.5 Å². The van der Waals surface area contributed by atoms with Gasteiger partial charge in [0.05, 0.1) is 6.04 Å². The summed E-state index contributed by atoms with van der Waals surface area (Å²) in [6, 6.07) is 60.6. The van der Waals surface area contributed by atoms with Gasteiger partial charge in [-0.15, -0.1) is 0 Å². The minimum Gasteiger partial charge on any atom is -0.477 e. The van der Waals surface area contributed by atoms with Crippen molar-refractivity contribution in [2.24, 2.45) is 11.1 Å². The summed E-state index contributed by atoms with van der Waals surface area (Å²) in [6.45, 7) is 1.92. The minimum atomic E-state index is -1.41. The van der Waals surface area contributed by atoms with E-state index < -0.39 is 41.0 Å². The highest BCUT2D eigenvalue weighted by atomic mass is 35.5. The third-order valence-corrected chi connectivity index (χ3v) is 15.4. The zero-order valence-electron chi connectivity index (χ0n) is 38.1. The molecule has 2 aliphatic heterocycles. The van der Waals surface area contributed by atoms with Crippen molar-refractivity contribution in [1.82, 2.24) is 20.2 Å². The van der Waals surface area contributed by atoms with Gasteiger partial charge in [-0.2, -0.15) is 0 Å². The number of carboxylic acids is 1. The number of thioether (sulfide) groups is 1. The zero-order valence-corrected chi connectivity index (χ0v) is 40.5. The maximum Gasteiger partial charge on any atom is 0.353 e. The van der Waals surface area contributed by atoms with Gasteiger partial charge in [-0.25, -0.2) is 9.78 Å². The number of carbonyl (C=O) groups is 3. The first-order valence-corrected chi connectivity index (χ1v) is 24.9. The smallest absolute Gasteiger partial charge is 0.353 e. The molecule has 11 nitrogen and oxygen atoms in total. The zero-order chi connectivity index (χ0) is 49.0. The van der Waals surface area contributed by atoms with E-state index in [0.29, 0.717) is 16.5 Å². The number of fused-ring (bicyclic) bond motifs is 1. The van der Waals surface area contributed by atoms with Crippen LogP contribution in [0.2, 0.25) is 4.34 Å². The van der Waals surface area contributed by atoms with Crippen LogP contribution in [0.15, 0.2) is 227 Å². The van der Waals surface area contributed by atoms with Gasteiger partial charge in [-0.3, -0.25) is 19.5 Å². The van der Waals surface area contributed by atoms with E-state index in [9.17, 15) is 14.7 Å². The monoisotopic (exact) mass is 992 g/mol. The number of amides is 2. The second kappa shape index (κ2) is 20.2. The second-order valence-corrected chi connectivity index (χ2v) is 19.8. The number of oxime groups is 1. The van der Waals surface area contributed by atoms with Gasteiger partial charge in [0.2, 0.25) is 5.60 Å². The van der Waals surface area contributed by atoms with Crippen LogP contribution in [-0.2, 0) is 30.4 Å². The Morgan fingerprint density at radius 2 is 1.17 bits per heavy atom. The van der Waals surface area contributed by atoms with Crippen molar-refractivity contribution in [3.05, 3.63) is 261 Å². The number of aliphatic carboxylic acids is 1. The number of benzene rings is 6. The minimum absolute atomic E-state index is 0.00522. The average molecular weight is 994 g/mol. The number of rotatable bonds is 16. The Morgan fingerprint density at radius 3 is 1.62 bits per heavy atom. The molecule has 4 heterocycles. The summed E-state index contributed by atoms with van der Waals surface area (Å²) in [5, 5.41) is 22.4. The van der Waals surface area contributed by atoms with E-state index in [0.717, 1.165) is 49.6 Å². The average Bonchev–Trinajstić information content (AvgIpc) is 3.79. The van der Waals surface area contributed by atoms with E-state index >= 15 is 4.79 Å². The number of halogens is 1. The molecule has 352 valence electrons. The molecule has 0 aliphatic carbocycles. The number of nitrogens with one attached hydrogen (secondary N) is 2. The third kappa shape index (κ3) is 8.88. The predicted molar refractivity (Wildman–Crippen MR) is 278 cm³/mol. The van der Waals surface area contributed by atoms with Gasteiger partial charge in [-0.05, 0) is 41.2 Å². The van der Waals surface area contributed by atoms with Crippen molar-refractivity contribution in [1.29, 1.82) is 0 Å². The largest absolute Gasteiger partial charge is 0.477 e. The Morgan fingerprint density at radius 1 is 0.718 bits per heavy atom. The Kier molecular flexibility index (Phi) is 13.4. The number of carbonyl (C=O) groups excluding carboxylic acids is 2. The highest BCUT2D eigenvalue weighted by Gasteiger charge is 2.55. The third-order valence-electron chi connectivity index (χ3n) is 12.9. The first-order valence-electron chi connectivity index (χ1n) is 22.9. The summed E-state index contributed by atoms with van der Waals surface area (Å²) in [4.78, 5) is 61.2. The molecule has 0 saturated carbocycles. The van der Waals surface area contributed by atoms with E-state index in [1.807, 2.05) is 189 Å². The molecule has 10 rings (SSSR count). The fraction of sp³-hybridized carbons (Fsp3) is 0.123. The molecule has 3 N–H and O–H groups in total. The number of hydrogen-bond acceptors (Lipinski definition) is 10. The van der Waals surface area contributed by atoms with Crippen LogP contribution in [0.25, 0.3) is 0 Å². The number of allylic oxidation sites excluding steroid dienone is 1. The lowest BCUT2D eigenvalue weighted by atomic mass is 9.77. The topological polar surface area (TPSA) is 146 Å². The molecule has 3 atom stereocenters. The van der Waals surface area contributed by atoms with Gasteiger partial charge < -0.3 is 20.6 Å². The standard InChI is InChI=1S/C57H45ClN6O5S2/c1-37-36-45-46(53(66)64(45)49(54(67)68)50(37)70-44-32-34-59-35-33-44)60-52(65)48(63-69-57(41-26-14-5-15-27-41,42-28-16-6-17-29-42)43-30-18-7-19-31-43)47-51(58)71-55(61-47)62-56(38-20-8-2-9-21-38,39-22-10-3-11-23-39)40-24-12-4-13-25-40/h2-35,37,45-46H,36H2,1H3,(H,60,65)(H,61,62)(H,67,68)/t37?,45-,46+/m1/s1. The van der Waals surface area contributed by atoms with E-state index in [4.69, 9.17) is 26.6 Å². The first-order chi connectivity index (χ1) is 34.7. The number of nitrogens with zero attached hydrogens (tertiary/aromatic N) is 4. The van der Waals surface area contributed by atoms with Crippen LogP contribution in [0.5, 0.6) is 0 Å². The fourth-order valence-electron chi connectivity index (χ4n) is 9.57. The van der Waals surface area contributed by atoms with Gasteiger partial charge >= 0.3 is 5.97 Å². The second-order valence-electron chi connectivity index (χ2n) is 17.1. The fourth-order valence-corrected chi connectivity index (χ4v) is 11.8. The van der Waals surface area contributed by atoms with Crippen LogP contribution in [0.3, 0.4) is 0 Å². The normalized spacial score (nSPS) is 16.9. The van der Waals surface area contributed by atoms with Crippen LogP contribution in [-0.4, -0.2) is 55.6 Å². The van der Waals surface area contributed by atoms with Crippen molar-refractivity contribution in [3.8, 4) is 0 Å². The number of pyridine rings is 1. The lowest BCUT2D eigenvalue weighted by molar-refractivity contribution is -0.155. The number of carboxylic acid groups (broad SMARTS) is 1. The molecule has 0 radical (unpaired) electrons. The maximum atomic E-state index is 15.3. The summed E-state index contributed by atoms with van der Waals surface area (Å²) >= 11 is 9.70. The van der Waals surface area contributed by atoms with Crippen molar-refractivity contribution in [2.75, 3.05) is 5.32 Å². The Labute approximate surface area is 423 Å². The number of aromatic nitrogens is 2. The molecule has 1 fully saturated rings. The van der Waals surface area contributed by atoms with E-state index in [2.05, 4.69) is 15.6 Å². The molecular formula is C57H45ClN6O5S2. The molecule has 1 unspecified atom stereocenters. The van der Waals surface area contributed by atoms with Crippen LogP contribution in [0.1, 0.15) is 52.4 Å². The molecule has 0 bridgehead atoms.